The Hall–Kier alpha value is -0.930. The summed E-state index contributed by atoms with van der Waals surface area (Å²) >= 11 is 5.08. The molecule has 1 aromatic carbocycles. The van der Waals surface area contributed by atoms with Crippen molar-refractivity contribution < 1.29 is 4.79 Å². The predicted octanol–water partition coefficient (Wildman–Crippen LogP) is 4.63. The molecule has 0 spiro atoms. The van der Waals surface area contributed by atoms with Gasteiger partial charge in [-0.25, -0.2) is 0 Å². The average Bonchev–Trinajstić information content (AvgIpc) is 2.78. The van der Waals surface area contributed by atoms with Crippen molar-refractivity contribution in [3.05, 3.63) is 56.2 Å². The van der Waals surface area contributed by atoms with Gasteiger partial charge < -0.3 is 0 Å². The van der Waals surface area contributed by atoms with Gasteiger partial charge in [-0.05, 0) is 53.4 Å². The number of rotatable bonds is 4. The first-order chi connectivity index (χ1) is 8.16. The van der Waals surface area contributed by atoms with E-state index in [1.165, 1.54) is 5.56 Å². The van der Waals surface area contributed by atoms with Crippen LogP contribution in [0, 0.1) is 6.92 Å². The summed E-state index contributed by atoms with van der Waals surface area (Å²) in [6.07, 6.45) is 1.41. The van der Waals surface area contributed by atoms with Crippen molar-refractivity contribution >= 4 is 33.0 Å². The molecule has 0 aliphatic rings. The highest BCUT2D eigenvalue weighted by molar-refractivity contribution is 9.10. The number of hydrogen-bond acceptors (Lipinski definition) is 2. The molecule has 0 bridgehead atoms. The molecule has 0 saturated heterocycles. The first kappa shape index (κ1) is 12.5. The van der Waals surface area contributed by atoms with E-state index < -0.39 is 0 Å². The zero-order valence-corrected chi connectivity index (χ0v) is 12.0. The molecule has 0 fully saturated rings. The van der Waals surface area contributed by atoms with Crippen molar-refractivity contribution in [1.82, 2.24) is 0 Å². The molecule has 1 nitrogen and oxygen atoms in total. The van der Waals surface area contributed by atoms with Crippen molar-refractivity contribution in [3.8, 4) is 0 Å². The van der Waals surface area contributed by atoms with Gasteiger partial charge in [0.25, 0.3) is 0 Å². The van der Waals surface area contributed by atoms with Gasteiger partial charge in [0, 0.05) is 16.5 Å². The number of thiophene rings is 1. The quantitative estimate of drug-likeness (QED) is 0.752. The van der Waals surface area contributed by atoms with Crippen molar-refractivity contribution in [2.24, 2.45) is 0 Å². The van der Waals surface area contributed by atoms with Crippen molar-refractivity contribution in [1.29, 1.82) is 0 Å². The predicted molar refractivity (Wildman–Crippen MR) is 75.8 cm³/mol. The van der Waals surface area contributed by atoms with Gasteiger partial charge in [0.15, 0.2) is 5.78 Å². The summed E-state index contributed by atoms with van der Waals surface area (Å²) in [6.45, 7) is 1.97. The summed E-state index contributed by atoms with van der Waals surface area (Å²) in [6, 6.07) is 7.88. The summed E-state index contributed by atoms with van der Waals surface area (Å²) in [5.74, 6) is 0.223. The number of aryl methyl sites for hydroxylation is 2. The Bertz CT molecular complexity index is 517. The number of hydrogen-bond donors (Lipinski definition) is 0. The minimum atomic E-state index is 0.223. The standard InChI is InChI=1S/C14H13BrOS/c1-10-8-12(15)3-4-13(10)14(16)5-2-11-6-7-17-9-11/h3-4,6-9H,2,5H2,1H3. The van der Waals surface area contributed by atoms with Crippen LogP contribution in [0.3, 0.4) is 0 Å². The number of ketones is 1. The van der Waals surface area contributed by atoms with E-state index in [1.54, 1.807) is 11.3 Å². The Morgan fingerprint density at radius 3 is 2.82 bits per heavy atom. The number of carbonyl (C=O) groups is 1. The van der Waals surface area contributed by atoms with E-state index in [1.807, 2.05) is 30.5 Å². The second-order valence-electron chi connectivity index (χ2n) is 4.01. The zero-order valence-electron chi connectivity index (χ0n) is 9.57. The van der Waals surface area contributed by atoms with Crippen LogP contribution in [0.2, 0.25) is 0 Å². The fourth-order valence-corrected chi connectivity index (χ4v) is 2.95. The summed E-state index contributed by atoms with van der Waals surface area (Å²) in [5, 5.41) is 4.15. The topological polar surface area (TPSA) is 17.1 Å². The van der Waals surface area contributed by atoms with E-state index in [0.29, 0.717) is 6.42 Å². The van der Waals surface area contributed by atoms with E-state index in [2.05, 4.69) is 27.4 Å². The summed E-state index contributed by atoms with van der Waals surface area (Å²) in [5.41, 5.74) is 3.12. The molecule has 0 aliphatic carbocycles. The van der Waals surface area contributed by atoms with Crippen LogP contribution in [0.5, 0.6) is 0 Å². The average molecular weight is 309 g/mol. The zero-order chi connectivity index (χ0) is 12.3. The minimum absolute atomic E-state index is 0.223. The normalized spacial score (nSPS) is 10.5. The van der Waals surface area contributed by atoms with Crippen LogP contribution in [0.25, 0.3) is 0 Å². The van der Waals surface area contributed by atoms with Crippen LogP contribution in [0.15, 0.2) is 39.5 Å². The third-order valence-electron chi connectivity index (χ3n) is 2.71. The molecule has 0 amide bonds. The Morgan fingerprint density at radius 1 is 1.35 bits per heavy atom. The van der Waals surface area contributed by atoms with Gasteiger partial charge in [-0.3, -0.25) is 4.79 Å². The number of halogens is 1. The molecular weight excluding hydrogens is 296 g/mol. The number of carbonyl (C=O) groups excluding carboxylic acids is 1. The first-order valence-electron chi connectivity index (χ1n) is 5.47. The molecule has 88 valence electrons. The van der Waals surface area contributed by atoms with Crippen molar-refractivity contribution in [3.63, 3.8) is 0 Å². The molecule has 0 radical (unpaired) electrons. The molecule has 1 aromatic heterocycles. The lowest BCUT2D eigenvalue weighted by molar-refractivity contribution is 0.0982. The summed E-state index contributed by atoms with van der Waals surface area (Å²) < 4.78 is 1.02. The molecule has 3 heteroatoms. The van der Waals surface area contributed by atoms with Crippen LogP contribution < -0.4 is 0 Å². The summed E-state index contributed by atoms with van der Waals surface area (Å²) in [7, 11) is 0. The highest BCUT2D eigenvalue weighted by atomic mass is 79.9. The fraction of sp³-hybridized carbons (Fsp3) is 0.214. The molecule has 0 aliphatic heterocycles. The van der Waals surface area contributed by atoms with E-state index >= 15 is 0 Å². The van der Waals surface area contributed by atoms with Crippen LogP contribution in [0.1, 0.15) is 27.9 Å². The van der Waals surface area contributed by atoms with E-state index in [-0.39, 0.29) is 5.78 Å². The first-order valence-corrected chi connectivity index (χ1v) is 7.21. The van der Waals surface area contributed by atoms with Crippen LogP contribution in [-0.4, -0.2) is 5.78 Å². The molecule has 0 saturated carbocycles. The van der Waals surface area contributed by atoms with E-state index in [0.717, 1.165) is 22.0 Å². The van der Waals surface area contributed by atoms with Gasteiger partial charge in [-0.15, -0.1) is 0 Å². The SMILES string of the molecule is Cc1cc(Br)ccc1C(=O)CCc1ccsc1. The summed E-state index contributed by atoms with van der Waals surface area (Å²) in [4.78, 5) is 12.1. The lowest BCUT2D eigenvalue weighted by Gasteiger charge is -2.05. The number of Topliss-reactive ketones (excluding diaryl/α,β-unsaturated/α-hetero) is 1. The Labute approximate surface area is 114 Å². The second kappa shape index (κ2) is 5.61. The van der Waals surface area contributed by atoms with Crippen LogP contribution in [-0.2, 0) is 6.42 Å². The molecular formula is C14H13BrOS. The molecule has 0 unspecified atom stereocenters. The van der Waals surface area contributed by atoms with Gasteiger partial charge >= 0.3 is 0 Å². The Balaban J connectivity index is 2.04. The van der Waals surface area contributed by atoms with Crippen molar-refractivity contribution in [2.45, 2.75) is 19.8 Å². The lowest BCUT2D eigenvalue weighted by atomic mass is 10.0. The third-order valence-corrected chi connectivity index (χ3v) is 3.93. The second-order valence-corrected chi connectivity index (χ2v) is 5.71. The lowest BCUT2D eigenvalue weighted by Crippen LogP contribution is -2.03. The smallest absolute Gasteiger partial charge is 0.163 e. The molecule has 2 rings (SSSR count). The van der Waals surface area contributed by atoms with Crippen molar-refractivity contribution in [2.75, 3.05) is 0 Å². The van der Waals surface area contributed by atoms with Gasteiger partial charge in [0.2, 0.25) is 0 Å². The Morgan fingerprint density at radius 2 is 2.18 bits per heavy atom. The molecule has 0 N–H and O–H groups in total. The monoisotopic (exact) mass is 308 g/mol. The molecule has 1 heterocycles. The maximum Gasteiger partial charge on any atom is 0.163 e. The maximum atomic E-state index is 12.1. The van der Waals surface area contributed by atoms with Gasteiger partial charge in [-0.1, -0.05) is 22.0 Å². The van der Waals surface area contributed by atoms with Gasteiger partial charge in [-0.2, -0.15) is 11.3 Å². The van der Waals surface area contributed by atoms with Crippen LogP contribution >= 0.6 is 27.3 Å². The van der Waals surface area contributed by atoms with Gasteiger partial charge in [0.1, 0.15) is 0 Å². The van der Waals surface area contributed by atoms with E-state index in [4.69, 9.17) is 0 Å². The Kier molecular flexibility index (Phi) is 4.13. The minimum Gasteiger partial charge on any atom is -0.294 e. The van der Waals surface area contributed by atoms with E-state index in [9.17, 15) is 4.79 Å². The largest absolute Gasteiger partial charge is 0.294 e. The fourth-order valence-electron chi connectivity index (χ4n) is 1.77. The molecule has 17 heavy (non-hydrogen) atoms. The molecule has 2 aromatic rings. The van der Waals surface area contributed by atoms with Gasteiger partial charge in [0.05, 0.1) is 0 Å². The highest BCUT2D eigenvalue weighted by Crippen LogP contribution is 2.18. The maximum absolute atomic E-state index is 12.1. The highest BCUT2D eigenvalue weighted by Gasteiger charge is 2.09. The number of benzene rings is 1. The van der Waals surface area contributed by atoms with Crippen LogP contribution in [0.4, 0.5) is 0 Å². The third kappa shape index (κ3) is 3.27. The molecule has 0 atom stereocenters.